The van der Waals surface area contributed by atoms with Crippen LogP contribution in [-0.2, 0) is 19.5 Å². The Kier molecular flexibility index (Phi) is 10.4. The lowest BCUT2D eigenvalue weighted by atomic mass is 10.0. The van der Waals surface area contributed by atoms with Gasteiger partial charge in [-0.25, -0.2) is 0 Å². The van der Waals surface area contributed by atoms with Crippen molar-refractivity contribution in [2.45, 2.75) is 25.6 Å². The fourth-order valence-corrected chi connectivity index (χ4v) is 5.77. The van der Waals surface area contributed by atoms with Crippen LogP contribution < -0.4 is 26.2 Å². The van der Waals surface area contributed by atoms with Crippen LogP contribution in [0.25, 0.3) is 22.0 Å². The lowest BCUT2D eigenvalue weighted by Gasteiger charge is -2.15. The number of aliphatic hydroxyl groups is 1. The highest BCUT2D eigenvalue weighted by Crippen LogP contribution is 2.34. The molecule has 0 spiro atoms. The first-order chi connectivity index (χ1) is 23.5. The Labute approximate surface area is 279 Å². The van der Waals surface area contributed by atoms with Crippen LogP contribution in [0.4, 0.5) is 11.4 Å². The maximum absolute atomic E-state index is 11.7. The van der Waals surface area contributed by atoms with Crippen LogP contribution in [0.1, 0.15) is 28.4 Å². The quantitative estimate of drug-likeness (QED) is 0.0775. The van der Waals surface area contributed by atoms with Crippen LogP contribution in [0.2, 0.25) is 0 Å². The van der Waals surface area contributed by atoms with Gasteiger partial charge in [0.25, 0.3) is 0 Å². The van der Waals surface area contributed by atoms with Crippen molar-refractivity contribution in [2.75, 3.05) is 25.5 Å². The molecule has 244 valence electrons. The number of rotatable bonds is 14. The van der Waals surface area contributed by atoms with Gasteiger partial charge in [0.15, 0.2) is 0 Å². The molecule has 0 unspecified atom stereocenters. The van der Waals surface area contributed by atoms with E-state index in [1.807, 2.05) is 24.4 Å². The third-order valence-electron chi connectivity index (χ3n) is 8.26. The predicted molar refractivity (Wildman–Crippen MR) is 191 cm³/mol. The number of hydrogen-bond donors (Lipinski definition) is 6. The fourth-order valence-electron chi connectivity index (χ4n) is 5.77. The predicted octanol–water partition coefficient (Wildman–Crippen LogP) is 6.20. The molecule has 0 aliphatic carbocycles. The van der Waals surface area contributed by atoms with Gasteiger partial charge >= 0.3 is 0 Å². The van der Waals surface area contributed by atoms with E-state index in [1.165, 1.54) is 23.3 Å². The summed E-state index contributed by atoms with van der Waals surface area (Å²) in [5.41, 5.74) is 8.19. The van der Waals surface area contributed by atoms with Crippen molar-refractivity contribution in [3.8, 4) is 22.6 Å². The number of aliphatic hydroxyl groups excluding tert-OH is 1. The molecule has 2 heterocycles. The van der Waals surface area contributed by atoms with Gasteiger partial charge < -0.3 is 35.9 Å². The molecule has 0 saturated heterocycles. The molecule has 0 radical (unpaired) electrons. The molecule has 1 atom stereocenters. The number of aromatic hydroxyl groups is 1. The van der Waals surface area contributed by atoms with Crippen molar-refractivity contribution >= 4 is 22.3 Å². The second kappa shape index (κ2) is 15.4. The molecular formula is C39H39N5O4. The van der Waals surface area contributed by atoms with Gasteiger partial charge in [0.2, 0.25) is 5.56 Å². The van der Waals surface area contributed by atoms with Gasteiger partial charge in [0.05, 0.1) is 18.7 Å². The number of hydrogen-bond acceptors (Lipinski definition) is 8. The van der Waals surface area contributed by atoms with E-state index in [1.54, 1.807) is 25.4 Å². The third-order valence-corrected chi connectivity index (χ3v) is 8.26. The van der Waals surface area contributed by atoms with E-state index in [0.717, 1.165) is 53.3 Å². The Morgan fingerprint density at radius 2 is 1.65 bits per heavy atom. The zero-order chi connectivity index (χ0) is 33.3. The van der Waals surface area contributed by atoms with Crippen molar-refractivity contribution < 1.29 is 14.9 Å². The zero-order valence-corrected chi connectivity index (χ0v) is 26.7. The summed E-state index contributed by atoms with van der Waals surface area (Å²) in [6, 6.07) is 33.1. The molecule has 0 bridgehead atoms. The van der Waals surface area contributed by atoms with Crippen molar-refractivity contribution in [1.29, 1.82) is 0 Å². The monoisotopic (exact) mass is 641 g/mol. The van der Waals surface area contributed by atoms with Crippen LogP contribution in [0, 0.1) is 0 Å². The Hall–Kier alpha value is -5.48. The van der Waals surface area contributed by atoms with Crippen LogP contribution >= 0.6 is 0 Å². The minimum absolute atomic E-state index is 0.0244. The van der Waals surface area contributed by atoms with E-state index in [0.29, 0.717) is 29.6 Å². The van der Waals surface area contributed by atoms with Crippen molar-refractivity contribution in [3.63, 3.8) is 0 Å². The summed E-state index contributed by atoms with van der Waals surface area (Å²) < 4.78 is 5.72. The highest BCUT2D eigenvalue weighted by Gasteiger charge is 2.14. The first kappa shape index (κ1) is 32.5. The number of aromatic nitrogens is 2. The molecular weight excluding hydrogens is 602 g/mol. The molecule has 0 fully saturated rings. The van der Waals surface area contributed by atoms with Gasteiger partial charge in [-0.2, -0.15) is 0 Å². The summed E-state index contributed by atoms with van der Waals surface area (Å²) in [7, 11) is 1.69. The third kappa shape index (κ3) is 8.08. The van der Waals surface area contributed by atoms with Crippen molar-refractivity contribution in [1.82, 2.24) is 20.6 Å². The van der Waals surface area contributed by atoms with E-state index in [9.17, 15) is 15.0 Å². The Morgan fingerprint density at radius 1 is 0.833 bits per heavy atom. The van der Waals surface area contributed by atoms with Crippen LogP contribution in [0.15, 0.2) is 120 Å². The standard InChI is InChI=1S/C39H39N5O4/c1-48-37-15-11-31(21-34(37)29-6-2-4-27(20-29)22-42-24-28-5-3-18-40-23-28)43-30-9-7-26(8-10-30)17-19-41-25-36(46)32-12-14-35(45)39-33(32)13-16-38(47)44-39/h2-16,18,20-21,23,36,41-43,45-46H,17,19,22,24-25H2,1H3,(H,44,47)/t36-/m0/s1. The first-order valence-corrected chi connectivity index (χ1v) is 15.9. The smallest absolute Gasteiger partial charge is 0.248 e. The molecule has 48 heavy (non-hydrogen) atoms. The van der Waals surface area contributed by atoms with E-state index < -0.39 is 6.10 Å². The summed E-state index contributed by atoms with van der Waals surface area (Å²) in [6.07, 6.45) is 3.65. The summed E-state index contributed by atoms with van der Waals surface area (Å²) in [4.78, 5) is 18.5. The molecule has 6 aromatic rings. The normalized spacial score (nSPS) is 11.8. The molecule has 6 rings (SSSR count). The number of methoxy groups -OCH3 is 1. The summed E-state index contributed by atoms with van der Waals surface area (Å²) >= 11 is 0. The molecule has 0 aliphatic rings. The van der Waals surface area contributed by atoms with Gasteiger partial charge in [-0.3, -0.25) is 9.78 Å². The number of benzene rings is 4. The maximum Gasteiger partial charge on any atom is 0.248 e. The zero-order valence-electron chi connectivity index (χ0n) is 26.7. The van der Waals surface area contributed by atoms with Gasteiger partial charge in [0.1, 0.15) is 11.5 Å². The molecule has 6 N–H and O–H groups in total. The van der Waals surface area contributed by atoms with E-state index in [-0.39, 0.29) is 11.3 Å². The Morgan fingerprint density at radius 3 is 2.46 bits per heavy atom. The number of pyridine rings is 2. The van der Waals surface area contributed by atoms with Gasteiger partial charge in [-0.15, -0.1) is 0 Å². The van der Waals surface area contributed by atoms with E-state index in [4.69, 9.17) is 4.74 Å². The Balaban J connectivity index is 1.03. The highest BCUT2D eigenvalue weighted by molar-refractivity contribution is 5.87. The average Bonchev–Trinajstić information content (AvgIpc) is 3.11. The molecule has 0 saturated carbocycles. The van der Waals surface area contributed by atoms with E-state index >= 15 is 0 Å². The van der Waals surface area contributed by atoms with Crippen LogP contribution in [0.5, 0.6) is 11.5 Å². The van der Waals surface area contributed by atoms with Crippen molar-refractivity contribution in [2.24, 2.45) is 0 Å². The average molecular weight is 642 g/mol. The number of fused-ring (bicyclic) bond motifs is 1. The van der Waals surface area contributed by atoms with Crippen molar-refractivity contribution in [3.05, 3.63) is 148 Å². The van der Waals surface area contributed by atoms with Gasteiger partial charge in [0, 0.05) is 60.4 Å². The van der Waals surface area contributed by atoms with Crippen LogP contribution in [0.3, 0.4) is 0 Å². The van der Waals surface area contributed by atoms with Gasteiger partial charge in [-0.05, 0) is 95.4 Å². The number of H-pyrrole nitrogens is 1. The number of ether oxygens (including phenoxy) is 1. The minimum Gasteiger partial charge on any atom is -0.506 e. The lowest BCUT2D eigenvalue weighted by molar-refractivity contribution is 0.176. The second-order valence-corrected chi connectivity index (χ2v) is 11.7. The second-order valence-electron chi connectivity index (χ2n) is 11.7. The highest BCUT2D eigenvalue weighted by atomic mass is 16.5. The molecule has 0 aliphatic heterocycles. The number of nitrogens with zero attached hydrogens (tertiary/aromatic N) is 1. The molecule has 2 aromatic heterocycles. The van der Waals surface area contributed by atoms with E-state index in [2.05, 4.69) is 86.6 Å². The lowest BCUT2D eigenvalue weighted by Crippen LogP contribution is -2.24. The molecule has 9 nitrogen and oxygen atoms in total. The number of phenols is 1. The number of nitrogens with one attached hydrogen (secondary N) is 4. The molecule has 4 aromatic carbocycles. The fraction of sp³-hybridized carbons (Fsp3) is 0.179. The topological polar surface area (TPSA) is 132 Å². The summed E-state index contributed by atoms with van der Waals surface area (Å²) in [5, 5.41) is 31.9. The Bertz CT molecular complexity index is 2030. The largest absolute Gasteiger partial charge is 0.506 e. The SMILES string of the molecule is COc1ccc(Nc2ccc(CCNC[C@H](O)c3ccc(O)c4[nH]c(=O)ccc34)cc2)cc1-c1cccc(CNCc2cccnc2)c1. The number of aromatic amines is 1. The summed E-state index contributed by atoms with van der Waals surface area (Å²) in [5.74, 6) is 0.783. The van der Waals surface area contributed by atoms with Gasteiger partial charge in [-0.1, -0.05) is 42.5 Å². The summed E-state index contributed by atoms with van der Waals surface area (Å²) in [6.45, 7) is 2.51. The minimum atomic E-state index is -0.795. The number of phenolic OH excluding ortho intramolecular Hbond substituents is 1. The molecule has 9 heteroatoms. The first-order valence-electron chi connectivity index (χ1n) is 15.9. The molecule has 0 amide bonds. The maximum atomic E-state index is 11.7. The van der Waals surface area contributed by atoms with Crippen LogP contribution in [-0.4, -0.2) is 40.4 Å². The number of anilines is 2.